The van der Waals surface area contributed by atoms with Crippen LogP contribution in [-0.2, 0) is 6.37 Å². The van der Waals surface area contributed by atoms with Crippen LogP contribution in [0.5, 0.6) is 0 Å². The second-order valence-corrected chi connectivity index (χ2v) is 2.83. The van der Waals surface area contributed by atoms with Gasteiger partial charge in [-0.15, -0.1) is 0 Å². The molecule has 1 aromatic rings. The number of aliphatic imine (C=N–C) groups is 2. The van der Waals surface area contributed by atoms with Crippen molar-refractivity contribution in [3.05, 3.63) is 35.8 Å². The highest BCUT2D eigenvalue weighted by atomic mass is 15.1. The van der Waals surface area contributed by atoms with Crippen molar-refractivity contribution in [2.45, 2.75) is 13.3 Å². The molecule has 0 atom stereocenters. The summed E-state index contributed by atoms with van der Waals surface area (Å²) in [5.41, 5.74) is 11.1. The number of benzene rings is 1. The maximum Gasteiger partial charge on any atom is 0.216 e. The molecule has 0 spiro atoms. The van der Waals surface area contributed by atoms with Crippen molar-refractivity contribution in [3.63, 3.8) is 0 Å². The summed E-state index contributed by atoms with van der Waals surface area (Å²) in [5.74, 6) is 0.154. The highest BCUT2D eigenvalue weighted by molar-refractivity contribution is 5.93. The molecule has 4 nitrogen and oxygen atoms in total. The maximum absolute atomic E-state index is 7.89. The van der Waals surface area contributed by atoms with E-state index in [0.29, 0.717) is 0 Å². The summed E-state index contributed by atoms with van der Waals surface area (Å²) in [6, 6.07) is 4.17. The predicted molar refractivity (Wildman–Crippen MR) is 63.9 cm³/mol. The molecular formula is C11H16N4. The molecule has 15 heavy (non-hydrogen) atoms. The Morgan fingerprint density at radius 3 is 2.93 bits per heavy atom. The van der Waals surface area contributed by atoms with Gasteiger partial charge >= 0.3 is 0 Å². The zero-order valence-electron chi connectivity index (χ0n) is 12.5. The fourth-order valence-corrected chi connectivity index (χ4v) is 0.885. The molecule has 1 aromatic carbocycles. The number of rotatable bonds is 3. The number of nitrogens with zero attached hydrogens (tertiary/aromatic N) is 2. The van der Waals surface area contributed by atoms with Crippen molar-refractivity contribution in [2.75, 3.05) is 6.54 Å². The van der Waals surface area contributed by atoms with E-state index >= 15 is 0 Å². The fourth-order valence-electron chi connectivity index (χ4n) is 0.885. The molecule has 4 heteroatoms. The standard InChI is InChI=1S/C11H16N4/c1-9(12)15-11(13)14-8-7-10-5-3-2-4-6-10/h2-6H,7-8H2,1H3,(H4,12,13,14,15)/i2D,3D,7D2. The van der Waals surface area contributed by atoms with E-state index < -0.39 is 6.37 Å². The van der Waals surface area contributed by atoms with Gasteiger partial charge in [0.05, 0.1) is 8.58 Å². The smallest absolute Gasteiger partial charge is 0.216 e. The average molecular weight is 208 g/mol. The second kappa shape index (κ2) is 5.80. The molecule has 0 radical (unpaired) electrons. The Bertz CT molecular complexity index is 521. The van der Waals surface area contributed by atoms with Gasteiger partial charge in [-0.3, -0.25) is 4.99 Å². The van der Waals surface area contributed by atoms with Crippen LogP contribution in [0, 0.1) is 0 Å². The third-order valence-electron chi connectivity index (χ3n) is 1.47. The Balaban J connectivity index is 2.92. The highest BCUT2D eigenvalue weighted by Gasteiger charge is 1.91. The second-order valence-electron chi connectivity index (χ2n) is 2.83. The monoisotopic (exact) mass is 208 g/mol. The first-order chi connectivity index (χ1) is 8.72. The van der Waals surface area contributed by atoms with Gasteiger partial charge < -0.3 is 11.5 Å². The van der Waals surface area contributed by atoms with Crippen molar-refractivity contribution in [2.24, 2.45) is 21.5 Å². The van der Waals surface area contributed by atoms with Gasteiger partial charge in [0, 0.05) is 9.29 Å². The minimum absolute atomic E-state index is 0.0332. The van der Waals surface area contributed by atoms with Crippen LogP contribution in [-0.4, -0.2) is 18.3 Å². The third kappa shape index (κ3) is 4.81. The van der Waals surface area contributed by atoms with E-state index in [9.17, 15) is 0 Å². The predicted octanol–water partition coefficient (Wildman–Crippen LogP) is 0.921. The minimum Gasteiger partial charge on any atom is -0.387 e. The van der Waals surface area contributed by atoms with Gasteiger partial charge in [0.1, 0.15) is 0 Å². The molecule has 4 N–H and O–H groups in total. The van der Waals surface area contributed by atoms with Crippen molar-refractivity contribution in [3.8, 4) is 0 Å². The van der Waals surface area contributed by atoms with Crippen LogP contribution >= 0.6 is 0 Å². The summed E-state index contributed by atoms with van der Waals surface area (Å²) in [4.78, 5) is 7.50. The SMILES string of the molecule is [2H]c1ccc(C([2H])([2H])CN=C(N)N=C(C)N)cc1[2H]. The van der Waals surface area contributed by atoms with Gasteiger partial charge in [-0.1, -0.05) is 30.3 Å². The van der Waals surface area contributed by atoms with Crippen LogP contribution in [0.3, 0.4) is 0 Å². The summed E-state index contributed by atoms with van der Waals surface area (Å²) in [6.45, 7) is 1.32. The summed E-state index contributed by atoms with van der Waals surface area (Å²) in [7, 11) is 0. The lowest BCUT2D eigenvalue weighted by Gasteiger charge is -1.97. The van der Waals surface area contributed by atoms with E-state index in [1.54, 1.807) is 6.92 Å². The summed E-state index contributed by atoms with van der Waals surface area (Å²) in [5, 5.41) is 0. The van der Waals surface area contributed by atoms with Crippen molar-refractivity contribution in [1.29, 1.82) is 0 Å². The molecular weight excluding hydrogens is 188 g/mol. The van der Waals surface area contributed by atoms with Crippen LogP contribution in [0.1, 0.15) is 18.0 Å². The average Bonchev–Trinajstić information content (AvgIpc) is 2.29. The molecule has 0 unspecified atom stereocenters. The Morgan fingerprint density at radius 2 is 2.27 bits per heavy atom. The van der Waals surface area contributed by atoms with Crippen LogP contribution in [0.25, 0.3) is 0 Å². The molecule has 1 rings (SSSR count). The van der Waals surface area contributed by atoms with Gasteiger partial charge in [-0.25, -0.2) is 4.99 Å². The molecule has 0 saturated heterocycles. The van der Waals surface area contributed by atoms with E-state index in [2.05, 4.69) is 9.98 Å². The Labute approximate surface area is 95.3 Å². The van der Waals surface area contributed by atoms with E-state index in [0.717, 1.165) is 0 Å². The molecule has 0 aliphatic rings. The van der Waals surface area contributed by atoms with Gasteiger partial charge in [-0.05, 0) is 18.9 Å². The van der Waals surface area contributed by atoms with Gasteiger partial charge in [0.15, 0.2) is 0 Å². The molecule has 0 heterocycles. The molecule has 0 fully saturated rings. The normalized spacial score (nSPS) is 17.7. The zero-order chi connectivity index (χ0) is 14.6. The van der Waals surface area contributed by atoms with Crippen molar-refractivity contribution < 1.29 is 5.48 Å². The van der Waals surface area contributed by atoms with Crippen LogP contribution < -0.4 is 11.5 Å². The minimum atomic E-state index is -1.79. The molecule has 80 valence electrons. The Morgan fingerprint density at radius 1 is 1.47 bits per heavy atom. The third-order valence-corrected chi connectivity index (χ3v) is 1.47. The molecule has 0 amide bonds. The van der Waals surface area contributed by atoms with E-state index in [4.69, 9.17) is 17.0 Å². The first kappa shape index (κ1) is 6.61. The largest absolute Gasteiger partial charge is 0.387 e. The number of hydrogen-bond acceptors (Lipinski definition) is 1. The highest BCUT2D eigenvalue weighted by Crippen LogP contribution is 1.99. The van der Waals surface area contributed by atoms with Crippen LogP contribution in [0.15, 0.2) is 40.3 Å². The molecule has 0 aliphatic heterocycles. The van der Waals surface area contributed by atoms with E-state index in [1.807, 2.05) is 0 Å². The van der Waals surface area contributed by atoms with Crippen LogP contribution in [0.2, 0.25) is 0 Å². The van der Waals surface area contributed by atoms with Gasteiger partial charge in [0.25, 0.3) is 0 Å². The topological polar surface area (TPSA) is 76.8 Å². The molecule has 0 aliphatic carbocycles. The Kier molecular flexibility index (Phi) is 2.55. The summed E-state index contributed by atoms with van der Waals surface area (Å²) in [6.07, 6.45) is -1.79. The molecule has 0 bridgehead atoms. The van der Waals surface area contributed by atoms with Crippen molar-refractivity contribution in [1.82, 2.24) is 0 Å². The lowest BCUT2D eigenvalue weighted by atomic mass is 10.2. The fraction of sp³-hybridized carbons (Fsp3) is 0.273. The maximum atomic E-state index is 7.89. The lowest BCUT2D eigenvalue weighted by Crippen LogP contribution is -2.16. The van der Waals surface area contributed by atoms with Gasteiger partial charge in [0.2, 0.25) is 5.96 Å². The van der Waals surface area contributed by atoms with E-state index in [-0.39, 0.29) is 36.0 Å². The van der Waals surface area contributed by atoms with E-state index in [1.165, 1.54) is 18.2 Å². The number of hydrogen-bond donors (Lipinski definition) is 2. The summed E-state index contributed by atoms with van der Waals surface area (Å²) >= 11 is 0. The Hall–Kier alpha value is -1.84. The van der Waals surface area contributed by atoms with Crippen molar-refractivity contribution >= 4 is 11.8 Å². The lowest BCUT2D eigenvalue weighted by molar-refractivity contribution is 0.962. The quantitative estimate of drug-likeness (QED) is 0.572. The zero-order valence-corrected chi connectivity index (χ0v) is 8.49. The first-order valence-corrected chi connectivity index (χ1v) is 4.41. The first-order valence-electron chi connectivity index (χ1n) is 6.41. The van der Waals surface area contributed by atoms with Crippen LogP contribution in [0.4, 0.5) is 0 Å². The molecule has 0 aromatic heterocycles. The number of guanidine groups is 1. The number of amidine groups is 1. The summed E-state index contributed by atoms with van der Waals surface area (Å²) < 4.78 is 30.7. The number of nitrogens with two attached hydrogens (primary N) is 2. The molecule has 0 saturated carbocycles. The van der Waals surface area contributed by atoms with Gasteiger partial charge in [-0.2, -0.15) is 0 Å².